The van der Waals surface area contributed by atoms with Crippen LogP contribution in [0.3, 0.4) is 0 Å². The number of rotatable bonds is 7. The van der Waals surface area contributed by atoms with Crippen molar-refractivity contribution in [1.82, 2.24) is 10.0 Å². The number of aliphatic hydroxyl groups is 1. The number of ether oxygens (including phenoxy) is 1. The minimum absolute atomic E-state index is 0.101. The van der Waals surface area contributed by atoms with E-state index in [0.29, 0.717) is 0 Å². The molecule has 0 heterocycles. The third kappa shape index (κ3) is 7.07. The fraction of sp³-hybridized carbons (Fsp3) is 0.417. The first-order chi connectivity index (χ1) is 9.40. The summed E-state index contributed by atoms with van der Waals surface area (Å²) in [5.41, 5.74) is 0.831. The van der Waals surface area contributed by atoms with Crippen molar-refractivity contribution >= 4 is 16.1 Å². The Kier molecular flexibility index (Phi) is 6.43. The van der Waals surface area contributed by atoms with E-state index in [1.807, 2.05) is 30.3 Å². The third-order valence-electron chi connectivity index (χ3n) is 2.35. The second-order valence-electron chi connectivity index (χ2n) is 4.21. The highest BCUT2D eigenvalue weighted by molar-refractivity contribution is 7.88. The van der Waals surface area contributed by atoms with E-state index in [1.54, 1.807) is 0 Å². The van der Waals surface area contributed by atoms with Gasteiger partial charge in [-0.1, -0.05) is 30.3 Å². The number of carbonyl (C=O) groups is 1. The van der Waals surface area contributed by atoms with Crippen LogP contribution in [0.2, 0.25) is 0 Å². The molecule has 0 spiro atoms. The molecule has 3 N–H and O–H groups in total. The molecule has 0 aliphatic heterocycles. The molecule has 0 aromatic heterocycles. The van der Waals surface area contributed by atoms with Crippen LogP contribution in [-0.2, 0) is 21.4 Å². The van der Waals surface area contributed by atoms with Gasteiger partial charge < -0.3 is 15.2 Å². The van der Waals surface area contributed by atoms with Crippen LogP contribution < -0.4 is 10.0 Å². The number of nitrogens with one attached hydrogen (secondary N) is 2. The molecular formula is C12H18N2O5S. The molecule has 1 aromatic carbocycles. The summed E-state index contributed by atoms with van der Waals surface area (Å²) >= 11 is 0. The number of sulfonamides is 1. The van der Waals surface area contributed by atoms with Crippen LogP contribution in [0.4, 0.5) is 4.79 Å². The van der Waals surface area contributed by atoms with Crippen LogP contribution in [0.1, 0.15) is 5.56 Å². The lowest BCUT2D eigenvalue weighted by atomic mass is 10.2. The predicted octanol–water partition coefficient (Wildman–Crippen LogP) is -0.177. The molecule has 1 rings (SSSR count). The van der Waals surface area contributed by atoms with Crippen molar-refractivity contribution in [3.05, 3.63) is 35.9 Å². The summed E-state index contributed by atoms with van der Waals surface area (Å²) in [6.45, 7) is -0.400. The topological polar surface area (TPSA) is 105 Å². The van der Waals surface area contributed by atoms with Gasteiger partial charge in [0.25, 0.3) is 0 Å². The zero-order valence-corrected chi connectivity index (χ0v) is 11.9. The summed E-state index contributed by atoms with van der Waals surface area (Å²) in [5, 5.41) is 11.4. The van der Waals surface area contributed by atoms with Crippen LogP contribution in [0.15, 0.2) is 30.3 Å². The van der Waals surface area contributed by atoms with E-state index >= 15 is 0 Å². The SMILES string of the molecule is CS(=O)(=O)NC[C@@H](CO)NC(=O)OCc1ccccc1. The number of aliphatic hydroxyl groups excluding tert-OH is 1. The Morgan fingerprint density at radius 2 is 2.00 bits per heavy atom. The molecule has 0 saturated heterocycles. The lowest BCUT2D eigenvalue weighted by Crippen LogP contribution is -2.45. The lowest BCUT2D eigenvalue weighted by Gasteiger charge is -2.16. The highest BCUT2D eigenvalue weighted by Crippen LogP contribution is 2.00. The number of hydrogen-bond donors (Lipinski definition) is 3. The Morgan fingerprint density at radius 3 is 2.55 bits per heavy atom. The van der Waals surface area contributed by atoms with Gasteiger partial charge in [-0.15, -0.1) is 0 Å². The molecule has 0 bridgehead atoms. The van der Waals surface area contributed by atoms with Gasteiger partial charge in [-0.2, -0.15) is 0 Å². The largest absolute Gasteiger partial charge is 0.445 e. The number of amides is 1. The van der Waals surface area contributed by atoms with Gasteiger partial charge in [-0.05, 0) is 5.56 Å². The van der Waals surface area contributed by atoms with E-state index in [9.17, 15) is 13.2 Å². The van der Waals surface area contributed by atoms with Crippen molar-refractivity contribution in [2.24, 2.45) is 0 Å². The second-order valence-corrected chi connectivity index (χ2v) is 6.04. The fourth-order valence-corrected chi connectivity index (χ4v) is 1.85. The first kappa shape index (κ1) is 16.4. The van der Waals surface area contributed by atoms with E-state index in [4.69, 9.17) is 9.84 Å². The van der Waals surface area contributed by atoms with Crippen molar-refractivity contribution < 1.29 is 23.1 Å². The molecule has 0 aliphatic carbocycles. The minimum atomic E-state index is -3.37. The van der Waals surface area contributed by atoms with Crippen molar-refractivity contribution in [3.63, 3.8) is 0 Å². The minimum Gasteiger partial charge on any atom is -0.445 e. The van der Waals surface area contributed by atoms with Crippen LogP contribution in [-0.4, -0.2) is 45.1 Å². The first-order valence-corrected chi connectivity index (χ1v) is 7.82. The number of hydrogen-bond acceptors (Lipinski definition) is 5. The van der Waals surface area contributed by atoms with Crippen LogP contribution in [0.5, 0.6) is 0 Å². The van der Waals surface area contributed by atoms with Gasteiger partial charge in [0.05, 0.1) is 18.9 Å². The van der Waals surface area contributed by atoms with E-state index in [-0.39, 0.29) is 13.2 Å². The fourth-order valence-electron chi connectivity index (χ4n) is 1.34. The molecule has 1 aromatic rings. The highest BCUT2D eigenvalue weighted by Gasteiger charge is 2.14. The van der Waals surface area contributed by atoms with Gasteiger partial charge in [0.15, 0.2) is 0 Å². The molecule has 8 heteroatoms. The maximum absolute atomic E-state index is 11.5. The normalized spacial score (nSPS) is 12.7. The van der Waals surface area contributed by atoms with E-state index < -0.39 is 28.8 Å². The molecule has 7 nitrogen and oxygen atoms in total. The standard InChI is InChI=1S/C12H18N2O5S/c1-20(17,18)13-7-11(8-15)14-12(16)19-9-10-5-3-2-4-6-10/h2-6,11,13,15H,7-9H2,1H3,(H,14,16)/t11-/m0/s1. The van der Waals surface area contributed by atoms with Gasteiger partial charge in [-0.25, -0.2) is 17.9 Å². The Hall–Kier alpha value is -1.64. The summed E-state index contributed by atoms with van der Waals surface area (Å²) in [7, 11) is -3.37. The summed E-state index contributed by atoms with van der Waals surface area (Å²) < 4.78 is 29.0. The monoisotopic (exact) mass is 302 g/mol. The van der Waals surface area contributed by atoms with Gasteiger partial charge in [0.1, 0.15) is 6.61 Å². The van der Waals surface area contributed by atoms with E-state index in [2.05, 4.69) is 10.0 Å². The lowest BCUT2D eigenvalue weighted by molar-refractivity contribution is 0.129. The van der Waals surface area contributed by atoms with E-state index in [0.717, 1.165) is 11.8 Å². The Labute approximate surface area is 118 Å². The quantitative estimate of drug-likeness (QED) is 0.648. The molecule has 20 heavy (non-hydrogen) atoms. The van der Waals surface area contributed by atoms with Crippen molar-refractivity contribution in [2.75, 3.05) is 19.4 Å². The first-order valence-electron chi connectivity index (χ1n) is 5.93. The van der Waals surface area contributed by atoms with Gasteiger partial charge in [0, 0.05) is 6.54 Å². The summed E-state index contributed by atoms with van der Waals surface area (Å²) in [6, 6.07) is 8.37. The molecule has 1 amide bonds. The van der Waals surface area contributed by atoms with Gasteiger partial charge in [-0.3, -0.25) is 0 Å². The summed E-state index contributed by atoms with van der Waals surface area (Å²) in [4.78, 5) is 11.5. The number of alkyl carbamates (subject to hydrolysis) is 1. The molecule has 112 valence electrons. The van der Waals surface area contributed by atoms with E-state index in [1.165, 1.54) is 0 Å². The van der Waals surface area contributed by atoms with Gasteiger partial charge in [0.2, 0.25) is 10.0 Å². The zero-order chi connectivity index (χ0) is 15.0. The molecular weight excluding hydrogens is 284 g/mol. The molecule has 0 radical (unpaired) electrons. The average Bonchev–Trinajstić information content (AvgIpc) is 2.41. The Morgan fingerprint density at radius 1 is 1.35 bits per heavy atom. The van der Waals surface area contributed by atoms with Gasteiger partial charge >= 0.3 is 6.09 Å². The Bertz CT molecular complexity index is 518. The smallest absolute Gasteiger partial charge is 0.407 e. The summed E-state index contributed by atoms with van der Waals surface area (Å²) in [5.74, 6) is 0. The Balaban J connectivity index is 2.36. The molecule has 0 fully saturated rings. The third-order valence-corrected chi connectivity index (χ3v) is 3.04. The molecule has 1 atom stereocenters. The van der Waals surface area contributed by atoms with Crippen molar-refractivity contribution in [3.8, 4) is 0 Å². The van der Waals surface area contributed by atoms with Crippen molar-refractivity contribution in [2.45, 2.75) is 12.6 Å². The van der Waals surface area contributed by atoms with Crippen LogP contribution in [0.25, 0.3) is 0 Å². The molecule has 0 unspecified atom stereocenters. The molecule has 0 aliphatic rings. The zero-order valence-electron chi connectivity index (χ0n) is 11.1. The van der Waals surface area contributed by atoms with Crippen LogP contribution >= 0.6 is 0 Å². The number of carbonyl (C=O) groups excluding carboxylic acids is 1. The second kappa shape index (κ2) is 7.83. The molecule has 0 saturated carbocycles. The summed E-state index contributed by atoms with van der Waals surface area (Å²) in [6.07, 6.45) is 0.276. The number of benzene rings is 1. The van der Waals surface area contributed by atoms with Crippen molar-refractivity contribution in [1.29, 1.82) is 0 Å². The predicted molar refractivity (Wildman–Crippen MR) is 73.5 cm³/mol. The average molecular weight is 302 g/mol. The maximum atomic E-state index is 11.5. The maximum Gasteiger partial charge on any atom is 0.407 e. The van der Waals surface area contributed by atoms with Crippen LogP contribution in [0, 0.1) is 0 Å². The highest BCUT2D eigenvalue weighted by atomic mass is 32.2.